The van der Waals surface area contributed by atoms with E-state index < -0.39 is 60.8 Å². The van der Waals surface area contributed by atoms with E-state index in [4.69, 9.17) is 10.8 Å². The first-order valence-electron chi connectivity index (χ1n) is 9.42. The van der Waals surface area contributed by atoms with Gasteiger partial charge < -0.3 is 31.9 Å². The van der Waals surface area contributed by atoms with Crippen molar-refractivity contribution in [1.82, 2.24) is 16.0 Å². The minimum absolute atomic E-state index is 0.0148. The molecule has 11 heteroatoms. The first kappa shape index (κ1) is 26.3. The molecule has 166 valence electrons. The molecule has 0 saturated carbocycles. The second-order valence-corrected chi connectivity index (χ2v) is 7.64. The van der Waals surface area contributed by atoms with Gasteiger partial charge in [0.15, 0.2) is 0 Å². The van der Waals surface area contributed by atoms with Crippen molar-refractivity contribution in [3.63, 3.8) is 0 Å². The van der Waals surface area contributed by atoms with Crippen LogP contribution < -0.4 is 21.7 Å². The first-order chi connectivity index (χ1) is 13.4. The third kappa shape index (κ3) is 11.0. The van der Waals surface area contributed by atoms with Crippen molar-refractivity contribution in [1.29, 1.82) is 0 Å². The lowest BCUT2D eigenvalue weighted by Gasteiger charge is -2.25. The van der Waals surface area contributed by atoms with Crippen LogP contribution in [0.1, 0.15) is 47.0 Å². The Morgan fingerprint density at radius 1 is 0.759 bits per heavy atom. The minimum atomic E-state index is -1.42. The number of carboxylic acids is 2. The molecule has 0 aliphatic rings. The average Bonchev–Trinajstić information content (AvgIpc) is 2.58. The van der Waals surface area contributed by atoms with Crippen LogP contribution in [0.3, 0.4) is 0 Å². The molecule has 0 aromatic heterocycles. The van der Waals surface area contributed by atoms with Gasteiger partial charge in [-0.3, -0.25) is 19.2 Å². The van der Waals surface area contributed by atoms with E-state index in [2.05, 4.69) is 16.0 Å². The summed E-state index contributed by atoms with van der Waals surface area (Å²) in [5, 5.41) is 25.3. The number of carbonyl (C=O) groups is 5. The zero-order valence-corrected chi connectivity index (χ0v) is 17.2. The number of rotatable bonds is 13. The summed E-state index contributed by atoms with van der Waals surface area (Å²) >= 11 is 0. The van der Waals surface area contributed by atoms with Crippen LogP contribution in [0.25, 0.3) is 0 Å². The first-order valence-corrected chi connectivity index (χ1v) is 9.42. The number of carbonyl (C=O) groups excluding carboxylic acids is 3. The minimum Gasteiger partial charge on any atom is -0.481 e. The predicted molar refractivity (Wildman–Crippen MR) is 104 cm³/mol. The molecule has 0 rings (SSSR count). The van der Waals surface area contributed by atoms with Gasteiger partial charge in [0.25, 0.3) is 0 Å². The van der Waals surface area contributed by atoms with E-state index in [9.17, 15) is 29.1 Å². The summed E-state index contributed by atoms with van der Waals surface area (Å²) in [4.78, 5) is 59.0. The lowest BCUT2D eigenvalue weighted by molar-refractivity contribution is -0.143. The Bertz CT molecular complexity index is 607. The second-order valence-electron chi connectivity index (χ2n) is 7.64. The van der Waals surface area contributed by atoms with Crippen molar-refractivity contribution >= 4 is 29.7 Å². The maximum Gasteiger partial charge on any atom is 0.326 e. The van der Waals surface area contributed by atoms with E-state index in [1.54, 1.807) is 13.8 Å². The Labute approximate surface area is 169 Å². The molecule has 0 saturated heterocycles. The standard InChI is InChI=1S/C18H32N4O7/c1-9(2)5-11(16(26)22-13(18(28)29)6-10(3)4)21-17(27)12(7-15(24)25)20-14(23)8-19/h9-13H,5-8,19H2,1-4H3,(H,20,23)(H,21,27)(H,22,26)(H,24,25)(H,28,29). The zero-order chi connectivity index (χ0) is 22.7. The van der Waals surface area contributed by atoms with E-state index in [1.807, 2.05) is 13.8 Å². The highest BCUT2D eigenvalue weighted by Gasteiger charge is 2.31. The highest BCUT2D eigenvalue weighted by molar-refractivity contribution is 5.95. The largest absolute Gasteiger partial charge is 0.481 e. The number of hydrogen-bond donors (Lipinski definition) is 6. The molecule has 0 heterocycles. The van der Waals surface area contributed by atoms with Crippen LogP contribution in [0, 0.1) is 11.8 Å². The predicted octanol–water partition coefficient (Wildman–Crippen LogP) is -0.949. The normalized spacial score (nSPS) is 14.0. The van der Waals surface area contributed by atoms with Gasteiger partial charge >= 0.3 is 11.9 Å². The van der Waals surface area contributed by atoms with E-state index in [0.717, 1.165) is 0 Å². The molecule has 0 aliphatic heterocycles. The average molecular weight is 416 g/mol. The number of nitrogens with two attached hydrogens (primary N) is 1. The molecular formula is C18H32N4O7. The summed E-state index contributed by atoms with van der Waals surface area (Å²) in [6.07, 6.45) is -0.299. The van der Waals surface area contributed by atoms with E-state index in [1.165, 1.54) is 0 Å². The molecule has 3 amide bonds. The number of carboxylic acid groups (broad SMARTS) is 2. The molecule has 7 N–H and O–H groups in total. The third-order valence-corrected chi connectivity index (χ3v) is 3.88. The molecule has 0 fully saturated rings. The third-order valence-electron chi connectivity index (χ3n) is 3.88. The lowest BCUT2D eigenvalue weighted by atomic mass is 10.00. The van der Waals surface area contributed by atoms with Crippen molar-refractivity contribution in [2.45, 2.75) is 65.1 Å². The fourth-order valence-corrected chi connectivity index (χ4v) is 2.58. The summed E-state index contributed by atoms with van der Waals surface area (Å²) in [7, 11) is 0. The highest BCUT2D eigenvalue weighted by Crippen LogP contribution is 2.09. The lowest BCUT2D eigenvalue weighted by Crippen LogP contribution is -2.57. The molecule has 3 unspecified atom stereocenters. The van der Waals surface area contributed by atoms with Gasteiger partial charge in [0.2, 0.25) is 17.7 Å². The van der Waals surface area contributed by atoms with Gasteiger partial charge in [-0.05, 0) is 24.7 Å². The van der Waals surface area contributed by atoms with Crippen molar-refractivity contribution in [3.05, 3.63) is 0 Å². The fraction of sp³-hybridized carbons (Fsp3) is 0.722. The van der Waals surface area contributed by atoms with Crippen LogP contribution in [0.2, 0.25) is 0 Å². The van der Waals surface area contributed by atoms with Crippen molar-refractivity contribution in [2.75, 3.05) is 6.54 Å². The van der Waals surface area contributed by atoms with Crippen molar-refractivity contribution in [3.8, 4) is 0 Å². The number of aliphatic carboxylic acids is 2. The van der Waals surface area contributed by atoms with Gasteiger partial charge in [-0.1, -0.05) is 27.7 Å². The second kappa shape index (κ2) is 12.7. The van der Waals surface area contributed by atoms with Crippen molar-refractivity contribution < 1.29 is 34.2 Å². The van der Waals surface area contributed by atoms with Crippen LogP contribution in [-0.2, 0) is 24.0 Å². The van der Waals surface area contributed by atoms with Gasteiger partial charge in [-0.25, -0.2) is 4.79 Å². The SMILES string of the molecule is CC(C)CC(NC(=O)C(CC(C)C)NC(=O)C(CC(=O)O)NC(=O)CN)C(=O)O. The number of hydrogen-bond acceptors (Lipinski definition) is 6. The van der Waals surface area contributed by atoms with Crippen LogP contribution in [0.15, 0.2) is 0 Å². The van der Waals surface area contributed by atoms with Gasteiger partial charge in [-0.15, -0.1) is 0 Å². The summed E-state index contributed by atoms with van der Waals surface area (Å²) in [6.45, 7) is 6.80. The Morgan fingerprint density at radius 3 is 1.62 bits per heavy atom. The maximum absolute atomic E-state index is 12.6. The molecule has 11 nitrogen and oxygen atoms in total. The summed E-state index contributed by atoms with van der Waals surface area (Å²) in [5.41, 5.74) is 5.18. The monoisotopic (exact) mass is 416 g/mol. The van der Waals surface area contributed by atoms with Gasteiger partial charge in [-0.2, -0.15) is 0 Å². The Hall–Kier alpha value is -2.69. The van der Waals surface area contributed by atoms with Gasteiger partial charge in [0.1, 0.15) is 18.1 Å². The molecule has 0 aromatic carbocycles. The smallest absolute Gasteiger partial charge is 0.326 e. The number of amides is 3. The molecule has 0 aromatic rings. The van der Waals surface area contributed by atoms with Crippen LogP contribution in [-0.4, -0.2) is 64.5 Å². The highest BCUT2D eigenvalue weighted by atomic mass is 16.4. The quantitative estimate of drug-likeness (QED) is 0.221. The topological polar surface area (TPSA) is 188 Å². The molecule has 29 heavy (non-hydrogen) atoms. The molecular weight excluding hydrogens is 384 g/mol. The summed E-state index contributed by atoms with van der Waals surface area (Å²) in [6, 6.07) is -3.64. The number of nitrogens with one attached hydrogen (secondary N) is 3. The maximum atomic E-state index is 12.6. The van der Waals surface area contributed by atoms with E-state index in [-0.39, 0.29) is 24.7 Å². The summed E-state index contributed by atoms with van der Waals surface area (Å²) < 4.78 is 0. The van der Waals surface area contributed by atoms with Crippen molar-refractivity contribution in [2.24, 2.45) is 17.6 Å². The van der Waals surface area contributed by atoms with Crippen LogP contribution in [0.5, 0.6) is 0 Å². The van der Waals surface area contributed by atoms with Crippen LogP contribution >= 0.6 is 0 Å². The molecule has 0 aliphatic carbocycles. The van der Waals surface area contributed by atoms with E-state index >= 15 is 0 Å². The Balaban J connectivity index is 5.38. The molecule has 3 atom stereocenters. The van der Waals surface area contributed by atoms with Gasteiger partial charge in [0.05, 0.1) is 13.0 Å². The van der Waals surface area contributed by atoms with E-state index in [0.29, 0.717) is 0 Å². The van der Waals surface area contributed by atoms with Crippen LogP contribution in [0.4, 0.5) is 0 Å². The van der Waals surface area contributed by atoms with Gasteiger partial charge in [0, 0.05) is 0 Å². The zero-order valence-electron chi connectivity index (χ0n) is 17.2. The fourth-order valence-electron chi connectivity index (χ4n) is 2.58. The molecule has 0 radical (unpaired) electrons. The Kier molecular flexibility index (Phi) is 11.5. The molecule has 0 spiro atoms. The summed E-state index contributed by atoms with van der Waals surface area (Å²) in [5.74, 6) is -4.82. The Morgan fingerprint density at radius 2 is 1.21 bits per heavy atom. The molecule has 0 bridgehead atoms.